The highest BCUT2D eigenvalue weighted by Crippen LogP contribution is 2.09. The van der Waals surface area contributed by atoms with Gasteiger partial charge in [0, 0.05) is 0 Å². The van der Waals surface area contributed by atoms with Gasteiger partial charge in [0.15, 0.2) is 0 Å². The molecule has 0 aromatic heterocycles. The van der Waals surface area contributed by atoms with E-state index in [0.29, 0.717) is 0 Å². The largest absolute Gasteiger partial charge is 0.397 e. The fourth-order valence-corrected chi connectivity index (χ4v) is 0.948. The molecule has 0 aliphatic carbocycles. The molecule has 0 aliphatic rings. The maximum absolute atomic E-state index is 9.98. The molecule has 0 spiro atoms. The Hall–Kier alpha value is -0.130. The van der Waals surface area contributed by atoms with Gasteiger partial charge in [-0.05, 0) is 20.8 Å². The van der Waals surface area contributed by atoms with Gasteiger partial charge in [0.05, 0.1) is 5.60 Å². The molecule has 0 aliphatic heterocycles. The summed E-state index contributed by atoms with van der Waals surface area (Å²) in [4.78, 5) is 0. The summed E-state index contributed by atoms with van der Waals surface area (Å²) in [5.41, 5.74) is -0.854. The van der Waals surface area contributed by atoms with Crippen LogP contribution in [0.5, 0.6) is 0 Å². The summed E-state index contributed by atoms with van der Waals surface area (Å²) in [6, 6.07) is 0. The van der Waals surface area contributed by atoms with Crippen molar-refractivity contribution in [2.75, 3.05) is 0 Å². The van der Waals surface area contributed by atoms with Gasteiger partial charge in [-0.15, -0.1) is 0 Å². The molecule has 70 valence electrons. The molecular formula is C6H16O4S. The molecule has 0 radical (unpaired) electrons. The van der Waals surface area contributed by atoms with Crippen molar-refractivity contribution in [1.82, 2.24) is 0 Å². The highest BCUT2D eigenvalue weighted by atomic mass is 32.3. The lowest BCUT2D eigenvalue weighted by molar-refractivity contribution is 0.119. The fourth-order valence-electron chi connectivity index (χ4n) is 0.316. The molecule has 0 rings (SSSR count). The van der Waals surface area contributed by atoms with Crippen LogP contribution in [0.4, 0.5) is 0 Å². The maximum atomic E-state index is 9.98. The van der Waals surface area contributed by atoms with Crippen LogP contribution in [0.15, 0.2) is 0 Å². The molecule has 0 heterocycles. The van der Waals surface area contributed by atoms with Crippen molar-refractivity contribution in [3.05, 3.63) is 0 Å². The maximum Gasteiger partial charge on any atom is 0.397 e. The van der Waals surface area contributed by atoms with Crippen LogP contribution in [-0.4, -0.2) is 18.6 Å². The lowest BCUT2D eigenvalue weighted by Crippen LogP contribution is -2.23. The first-order valence-electron chi connectivity index (χ1n) is 3.39. The smallest absolute Gasteiger partial charge is 0.264 e. The highest BCUT2D eigenvalue weighted by molar-refractivity contribution is 7.80. The minimum atomic E-state index is -4.28. The van der Waals surface area contributed by atoms with E-state index in [9.17, 15) is 8.42 Å². The van der Waals surface area contributed by atoms with Crippen molar-refractivity contribution in [3.63, 3.8) is 0 Å². The van der Waals surface area contributed by atoms with Gasteiger partial charge in [-0.3, -0.25) is 4.55 Å². The molecule has 11 heavy (non-hydrogen) atoms. The fraction of sp³-hybridized carbons (Fsp3) is 1.00. The Morgan fingerprint density at radius 1 is 1.18 bits per heavy atom. The number of hydrogen-bond acceptors (Lipinski definition) is 3. The second kappa shape index (κ2) is 4.69. The predicted molar refractivity (Wildman–Crippen MR) is 43.7 cm³/mol. The summed E-state index contributed by atoms with van der Waals surface area (Å²) in [6.45, 7) is 8.59. The average molecular weight is 184 g/mol. The van der Waals surface area contributed by atoms with Crippen LogP contribution in [0, 0.1) is 0 Å². The van der Waals surface area contributed by atoms with Crippen molar-refractivity contribution in [1.29, 1.82) is 0 Å². The third-order valence-corrected chi connectivity index (χ3v) is 1.07. The summed E-state index contributed by atoms with van der Waals surface area (Å²) in [5, 5.41) is 0. The second-order valence-electron chi connectivity index (χ2n) is 2.62. The van der Waals surface area contributed by atoms with E-state index >= 15 is 0 Å². The van der Waals surface area contributed by atoms with E-state index in [1.54, 1.807) is 0 Å². The molecule has 4 nitrogen and oxygen atoms in total. The molecular weight excluding hydrogens is 168 g/mol. The Morgan fingerprint density at radius 3 is 1.45 bits per heavy atom. The van der Waals surface area contributed by atoms with E-state index in [1.807, 2.05) is 13.8 Å². The summed E-state index contributed by atoms with van der Waals surface area (Å²) in [7, 11) is -4.28. The van der Waals surface area contributed by atoms with Gasteiger partial charge >= 0.3 is 10.4 Å². The first kappa shape index (κ1) is 13.5. The van der Waals surface area contributed by atoms with Gasteiger partial charge in [-0.1, -0.05) is 13.8 Å². The minimum absolute atomic E-state index is 0.854. The first-order chi connectivity index (χ1) is 4.71. The summed E-state index contributed by atoms with van der Waals surface area (Å²) < 4.78 is 32.2. The third-order valence-electron chi connectivity index (χ3n) is 0.355. The lowest BCUT2D eigenvalue weighted by atomic mass is 10.2. The summed E-state index contributed by atoms with van der Waals surface area (Å²) >= 11 is 0. The molecule has 0 saturated heterocycles. The summed E-state index contributed by atoms with van der Waals surface area (Å²) in [6.07, 6.45) is 0. The molecule has 0 aromatic rings. The molecule has 0 atom stereocenters. The van der Waals surface area contributed by atoms with Crippen molar-refractivity contribution >= 4 is 10.4 Å². The van der Waals surface area contributed by atoms with E-state index in [4.69, 9.17) is 4.55 Å². The minimum Gasteiger partial charge on any atom is -0.264 e. The molecule has 0 unspecified atom stereocenters. The average Bonchev–Trinajstić information content (AvgIpc) is 1.60. The van der Waals surface area contributed by atoms with E-state index in [1.165, 1.54) is 20.8 Å². The zero-order valence-corrected chi connectivity index (χ0v) is 8.40. The Balaban J connectivity index is 0. The Kier molecular flexibility index (Phi) is 5.74. The van der Waals surface area contributed by atoms with E-state index in [2.05, 4.69) is 4.18 Å². The first-order valence-corrected chi connectivity index (χ1v) is 4.75. The summed E-state index contributed by atoms with van der Waals surface area (Å²) in [5.74, 6) is 0. The molecule has 0 fully saturated rings. The topological polar surface area (TPSA) is 63.6 Å². The van der Waals surface area contributed by atoms with Gasteiger partial charge in [0.25, 0.3) is 0 Å². The van der Waals surface area contributed by atoms with Crippen LogP contribution in [0.1, 0.15) is 34.6 Å². The molecule has 0 saturated carbocycles. The van der Waals surface area contributed by atoms with Crippen LogP contribution in [-0.2, 0) is 14.6 Å². The predicted octanol–water partition coefficient (Wildman–Crippen LogP) is 1.63. The van der Waals surface area contributed by atoms with Crippen LogP contribution in [0.2, 0.25) is 0 Å². The molecule has 0 amide bonds. The van der Waals surface area contributed by atoms with Crippen LogP contribution in [0.3, 0.4) is 0 Å². The lowest BCUT2D eigenvalue weighted by Gasteiger charge is -2.14. The zero-order valence-electron chi connectivity index (χ0n) is 7.58. The number of hydrogen-bond donors (Lipinski definition) is 1. The van der Waals surface area contributed by atoms with Crippen molar-refractivity contribution < 1.29 is 17.2 Å². The van der Waals surface area contributed by atoms with E-state index in [-0.39, 0.29) is 0 Å². The van der Waals surface area contributed by atoms with Crippen LogP contribution >= 0.6 is 0 Å². The van der Waals surface area contributed by atoms with E-state index < -0.39 is 16.0 Å². The normalized spacial score (nSPS) is 11.8. The van der Waals surface area contributed by atoms with Crippen LogP contribution in [0.25, 0.3) is 0 Å². The quantitative estimate of drug-likeness (QED) is 0.629. The third kappa shape index (κ3) is 17.7. The number of rotatable bonds is 1. The Morgan fingerprint density at radius 2 is 1.45 bits per heavy atom. The van der Waals surface area contributed by atoms with Crippen molar-refractivity contribution in [2.45, 2.75) is 40.2 Å². The molecule has 1 N–H and O–H groups in total. The van der Waals surface area contributed by atoms with Crippen LogP contribution < -0.4 is 0 Å². The van der Waals surface area contributed by atoms with Gasteiger partial charge in [0.1, 0.15) is 0 Å². The van der Waals surface area contributed by atoms with Gasteiger partial charge in [-0.25, -0.2) is 4.18 Å². The Bertz CT molecular complexity index is 175. The molecule has 0 bridgehead atoms. The molecule has 5 heteroatoms. The van der Waals surface area contributed by atoms with Gasteiger partial charge in [0.2, 0.25) is 0 Å². The van der Waals surface area contributed by atoms with Gasteiger partial charge < -0.3 is 0 Å². The zero-order chi connectivity index (χ0) is 9.71. The second-order valence-corrected chi connectivity index (χ2v) is 3.65. The van der Waals surface area contributed by atoms with Gasteiger partial charge in [-0.2, -0.15) is 8.42 Å². The van der Waals surface area contributed by atoms with Crippen molar-refractivity contribution in [2.24, 2.45) is 0 Å². The Labute approximate surface area is 68.5 Å². The SMILES string of the molecule is CC.CC(C)(C)OS(=O)(=O)O. The molecule has 0 aromatic carbocycles. The van der Waals surface area contributed by atoms with E-state index in [0.717, 1.165) is 0 Å². The van der Waals surface area contributed by atoms with Crippen molar-refractivity contribution in [3.8, 4) is 0 Å². The standard InChI is InChI=1S/C4H10O4S.C2H6/c1-4(2,3)8-9(5,6)7;1-2/h1-3H3,(H,5,6,7);1-2H3. The monoisotopic (exact) mass is 184 g/mol. The highest BCUT2D eigenvalue weighted by Gasteiger charge is 2.18.